The minimum absolute atomic E-state index is 0.441. The Kier molecular flexibility index (Phi) is 3.44. The van der Waals surface area contributed by atoms with E-state index in [4.69, 9.17) is 14.6 Å². The highest BCUT2D eigenvalue weighted by atomic mass is 16.3. The second-order valence-corrected chi connectivity index (χ2v) is 3.82. The molecule has 2 aromatic heterocycles. The van der Waals surface area contributed by atoms with E-state index in [0.29, 0.717) is 6.54 Å². The van der Waals surface area contributed by atoms with Crippen LogP contribution in [0.1, 0.15) is 17.1 Å². The average molecular weight is 220 g/mol. The smallest absolute Gasteiger partial charge is 0.121 e. The number of furan rings is 2. The van der Waals surface area contributed by atoms with Gasteiger partial charge in [-0.1, -0.05) is 0 Å². The fourth-order valence-electron chi connectivity index (χ4n) is 1.70. The molecule has 2 aromatic rings. The molecule has 0 radical (unpaired) electrons. The maximum absolute atomic E-state index is 5.58. The molecule has 0 unspecified atom stereocenters. The Balaban J connectivity index is 1.94. The quantitative estimate of drug-likeness (QED) is 0.837. The van der Waals surface area contributed by atoms with E-state index in [2.05, 4.69) is 4.90 Å². The minimum atomic E-state index is 0.441. The molecule has 0 saturated heterocycles. The van der Waals surface area contributed by atoms with Crippen LogP contribution in [0.5, 0.6) is 0 Å². The highest BCUT2D eigenvalue weighted by Crippen LogP contribution is 2.13. The van der Waals surface area contributed by atoms with Crippen LogP contribution in [-0.2, 0) is 19.6 Å². The van der Waals surface area contributed by atoms with Gasteiger partial charge >= 0.3 is 0 Å². The molecule has 16 heavy (non-hydrogen) atoms. The number of rotatable bonds is 5. The van der Waals surface area contributed by atoms with Gasteiger partial charge in [0.1, 0.15) is 11.5 Å². The van der Waals surface area contributed by atoms with Crippen molar-refractivity contribution >= 4 is 0 Å². The molecule has 2 rings (SSSR count). The van der Waals surface area contributed by atoms with Crippen molar-refractivity contribution in [2.45, 2.75) is 19.6 Å². The van der Waals surface area contributed by atoms with Crippen LogP contribution in [-0.4, -0.2) is 11.9 Å². The van der Waals surface area contributed by atoms with Gasteiger partial charge in [-0.05, 0) is 25.2 Å². The van der Waals surface area contributed by atoms with Crippen LogP contribution in [0.15, 0.2) is 39.6 Å². The van der Waals surface area contributed by atoms with Gasteiger partial charge in [0.15, 0.2) is 0 Å². The van der Waals surface area contributed by atoms with Gasteiger partial charge in [0, 0.05) is 12.1 Å². The fraction of sp³-hybridized carbons (Fsp3) is 0.333. The van der Waals surface area contributed by atoms with E-state index in [0.717, 1.165) is 30.2 Å². The zero-order valence-corrected chi connectivity index (χ0v) is 9.35. The maximum Gasteiger partial charge on any atom is 0.121 e. The first-order chi connectivity index (χ1) is 7.79. The van der Waals surface area contributed by atoms with E-state index in [1.165, 1.54) is 0 Å². The molecule has 0 saturated carbocycles. The summed E-state index contributed by atoms with van der Waals surface area (Å²) in [6, 6.07) is 5.82. The molecule has 86 valence electrons. The molecule has 4 heteroatoms. The molecular weight excluding hydrogens is 204 g/mol. The Labute approximate surface area is 94.6 Å². The molecule has 0 amide bonds. The zero-order chi connectivity index (χ0) is 11.4. The van der Waals surface area contributed by atoms with E-state index in [9.17, 15) is 0 Å². The van der Waals surface area contributed by atoms with Crippen molar-refractivity contribution in [2.24, 2.45) is 5.73 Å². The molecule has 0 bridgehead atoms. The summed E-state index contributed by atoms with van der Waals surface area (Å²) in [7, 11) is 2.04. The summed E-state index contributed by atoms with van der Waals surface area (Å²) in [6.07, 6.45) is 3.37. The predicted octanol–water partition coefficient (Wildman–Crippen LogP) is 1.96. The lowest BCUT2D eigenvalue weighted by molar-refractivity contribution is 0.285. The highest BCUT2D eigenvalue weighted by Gasteiger charge is 2.08. The van der Waals surface area contributed by atoms with Crippen molar-refractivity contribution in [3.05, 3.63) is 47.8 Å². The summed E-state index contributed by atoms with van der Waals surface area (Å²) in [5, 5.41) is 0. The Morgan fingerprint density at radius 2 is 2.06 bits per heavy atom. The molecule has 0 aliphatic rings. The average Bonchev–Trinajstić information content (AvgIpc) is 2.88. The standard InChI is InChI=1S/C12H16N2O2/c1-14(9-11-3-2-5-15-11)8-10-4-6-16-12(10)7-13/h2-6H,7-9,13H2,1H3. The third-order valence-electron chi connectivity index (χ3n) is 2.47. The third-order valence-corrected chi connectivity index (χ3v) is 2.47. The van der Waals surface area contributed by atoms with Gasteiger partial charge in [-0.3, -0.25) is 4.90 Å². The number of nitrogens with two attached hydrogens (primary N) is 1. The molecular formula is C12H16N2O2. The Hall–Kier alpha value is -1.52. The van der Waals surface area contributed by atoms with Gasteiger partial charge in [-0.2, -0.15) is 0 Å². The van der Waals surface area contributed by atoms with Crippen molar-refractivity contribution in [1.29, 1.82) is 0 Å². The van der Waals surface area contributed by atoms with E-state index in [1.54, 1.807) is 12.5 Å². The van der Waals surface area contributed by atoms with Gasteiger partial charge in [0.05, 0.1) is 25.6 Å². The van der Waals surface area contributed by atoms with Crippen LogP contribution in [0.2, 0.25) is 0 Å². The van der Waals surface area contributed by atoms with Crippen LogP contribution in [0.4, 0.5) is 0 Å². The normalized spacial score (nSPS) is 11.2. The molecule has 2 N–H and O–H groups in total. The monoisotopic (exact) mass is 220 g/mol. The Morgan fingerprint density at radius 3 is 2.75 bits per heavy atom. The van der Waals surface area contributed by atoms with Gasteiger partial charge in [0.2, 0.25) is 0 Å². The Bertz CT molecular complexity index is 420. The lowest BCUT2D eigenvalue weighted by atomic mass is 10.2. The molecule has 0 atom stereocenters. The van der Waals surface area contributed by atoms with Crippen molar-refractivity contribution < 1.29 is 8.83 Å². The third kappa shape index (κ3) is 2.53. The molecule has 0 spiro atoms. The second-order valence-electron chi connectivity index (χ2n) is 3.82. The molecule has 2 heterocycles. The first-order valence-electron chi connectivity index (χ1n) is 5.26. The summed E-state index contributed by atoms with van der Waals surface area (Å²) < 4.78 is 10.6. The number of hydrogen-bond donors (Lipinski definition) is 1. The summed E-state index contributed by atoms with van der Waals surface area (Å²) >= 11 is 0. The first-order valence-corrected chi connectivity index (χ1v) is 5.26. The molecule has 0 fully saturated rings. The van der Waals surface area contributed by atoms with Gasteiger partial charge in [-0.25, -0.2) is 0 Å². The van der Waals surface area contributed by atoms with Crippen LogP contribution >= 0.6 is 0 Å². The van der Waals surface area contributed by atoms with Crippen LogP contribution in [0, 0.1) is 0 Å². The lowest BCUT2D eigenvalue weighted by Gasteiger charge is -2.14. The highest BCUT2D eigenvalue weighted by molar-refractivity contribution is 5.16. The second kappa shape index (κ2) is 5.01. The fourth-order valence-corrected chi connectivity index (χ4v) is 1.70. The molecule has 0 aliphatic heterocycles. The van der Waals surface area contributed by atoms with E-state index < -0.39 is 0 Å². The lowest BCUT2D eigenvalue weighted by Crippen LogP contribution is -2.17. The molecule has 0 aromatic carbocycles. The predicted molar refractivity (Wildman–Crippen MR) is 60.5 cm³/mol. The van der Waals surface area contributed by atoms with Crippen molar-refractivity contribution in [3.8, 4) is 0 Å². The Morgan fingerprint density at radius 1 is 1.19 bits per heavy atom. The van der Waals surface area contributed by atoms with Gasteiger partial charge in [0.25, 0.3) is 0 Å². The van der Waals surface area contributed by atoms with Crippen molar-refractivity contribution in [3.63, 3.8) is 0 Å². The summed E-state index contributed by atoms with van der Waals surface area (Å²) in [4.78, 5) is 2.16. The first kappa shape index (κ1) is 11.0. The summed E-state index contributed by atoms with van der Waals surface area (Å²) in [6.45, 7) is 2.03. The van der Waals surface area contributed by atoms with E-state index in [1.807, 2.05) is 25.2 Å². The summed E-state index contributed by atoms with van der Waals surface area (Å²) in [5.74, 6) is 1.81. The number of nitrogens with zero attached hydrogens (tertiary/aromatic N) is 1. The SMILES string of the molecule is CN(Cc1ccco1)Cc1ccoc1CN. The molecule has 4 nitrogen and oxygen atoms in total. The van der Waals surface area contributed by atoms with E-state index >= 15 is 0 Å². The van der Waals surface area contributed by atoms with Crippen molar-refractivity contribution in [2.75, 3.05) is 7.05 Å². The summed E-state index contributed by atoms with van der Waals surface area (Å²) in [5.41, 5.74) is 6.71. The van der Waals surface area contributed by atoms with E-state index in [-0.39, 0.29) is 0 Å². The topological polar surface area (TPSA) is 55.5 Å². The van der Waals surface area contributed by atoms with Crippen LogP contribution < -0.4 is 5.73 Å². The van der Waals surface area contributed by atoms with Gasteiger partial charge in [-0.15, -0.1) is 0 Å². The van der Waals surface area contributed by atoms with Crippen LogP contribution in [0.3, 0.4) is 0 Å². The van der Waals surface area contributed by atoms with Gasteiger partial charge < -0.3 is 14.6 Å². The number of hydrogen-bond acceptors (Lipinski definition) is 4. The largest absolute Gasteiger partial charge is 0.468 e. The minimum Gasteiger partial charge on any atom is -0.468 e. The van der Waals surface area contributed by atoms with Crippen LogP contribution in [0.25, 0.3) is 0 Å². The maximum atomic E-state index is 5.58. The zero-order valence-electron chi connectivity index (χ0n) is 9.35. The van der Waals surface area contributed by atoms with Crippen molar-refractivity contribution in [1.82, 2.24) is 4.90 Å². The molecule has 0 aliphatic carbocycles.